The van der Waals surface area contributed by atoms with E-state index >= 15 is 0 Å². The number of halogens is 4. The average molecular weight is 268 g/mol. The van der Waals surface area contributed by atoms with E-state index in [0.717, 1.165) is 17.2 Å². The van der Waals surface area contributed by atoms with E-state index in [4.69, 9.17) is 11.6 Å². The number of benzene rings is 1. The number of hydrogen-bond donors (Lipinski definition) is 0. The van der Waals surface area contributed by atoms with Crippen molar-refractivity contribution in [2.24, 2.45) is 0 Å². The maximum atomic E-state index is 12.4. The summed E-state index contributed by atoms with van der Waals surface area (Å²) in [5.41, 5.74) is -1.19. The largest absolute Gasteiger partial charge is 0.416 e. The summed E-state index contributed by atoms with van der Waals surface area (Å²) in [5.74, 6) is -0.747. The molecule has 0 aliphatic heterocycles. The molecule has 1 aromatic rings. The number of hydrogen-bond acceptors (Lipinski definition) is 2. The first-order valence-corrected chi connectivity index (χ1v) is 4.84. The molecule has 0 atom stereocenters. The molecule has 0 aromatic heterocycles. The van der Waals surface area contributed by atoms with Crippen LogP contribution in [0, 0.1) is 0 Å². The summed E-state index contributed by atoms with van der Waals surface area (Å²) in [5, 5.41) is 0.730. The van der Waals surface area contributed by atoms with Crippen molar-refractivity contribution >= 4 is 17.5 Å². The molecule has 0 fully saturated rings. The Labute approximate surface area is 101 Å². The van der Waals surface area contributed by atoms with Gasteiger partial charge < -0.3 is 0 Å². The number of carbonyl (C=O) groups excluding carboxylic acids is 1. The highest BCUT2D eigenvalue weighted by atomic mass is 35.5. The number of carbonyl (C=O) groups is 1. The zero-order valence-electron chi connectivity index (χ0n) is 9.01. The van der Waals surface area contributed by atoms with Crippen LogP contribution in [0.4, 0.5) is 13.2 Å². The Morgan fingerprint density at radius 1 is 1.41 bits per heavy atom. The van der Waals surface area contributed by atoms with Crippen molar-refractivity contribution in [3.63, 3.8) is 0 Å². The van der Waals surface area contributed by atoms with Gasteiger partial charge in [0.05, 0.1) is 23.3 Å². The maximum Gasteiger partial charge on any atom is 0.416 e. The molecule has 0 unspecified atom stereocenters. The van der Waals surface area contributed by atoms with Gasteiger partial charge in [0.25, 0.3) is 5.91 Å². The number of amides is 1. The summed E-state index contributed by atoms with van der Waals surface area (Å²) in [6.45, 7) is 0. The van der Waals surface area contributed by atoms with Gasteiger partial charge in [-0.3, -0.25) is 9.63 Å². The van der Waals surface area contributed by atoms with Crippen molar-refractivity contribution in [1.29, 1.82) is 0 Å². The Kier molecular flexibility index (Phi) is 4.00. The summed E-state index contributed by atoms with van der Waals surface area (Å²) in [7, 11) is 2.50. The molecule has 0 spiro atoms. The second kappa shape index (κ2) is 4.93. The quantitative estimate of drug-likeness (QED) is 0.771. The predicted octanol–water partition coefficient (Wildman–Crippen LogP) is 2.99. The molecule has 3 nitrogen and oxygen atoms in total. The van der Waals surface area contributed by atoms with Gasteiger partial charge in [0.15, 0.2) is 0 Å². The summed E-state index contributed by atoms with van der Waals surface area (Å²) < 4.78 is 37.3. The third-order valence-electron chi connectivity index (χ3n) is 2.08. The highest BCUT2D eigenvalue weighted by molar-refractivity contribution is 6.33. The van der Waals surface area contributed by atoms with Crippen LogP contribution in [-0.2, 0) is 11.0 Å². The number of rotatable bonds is 2. The van der Waals surface area contributed by atoms with E-state index in [1.54, 1.807) is 0 Å². The van der Waals surface area contributed by atoms with E-state index in [1.165, 1.54) is 14.2 Å². The molecule has 0 saturated heterocycles. The van der Waals surface area contributed by atoms with Crippen molar-refractivity contribution in [1.82, 2.24) is 5.06 Å². The minimum atomic E-state index is -4.52. The minimum Gasteiger partial charge on any atom is -0.274 e. The van der Waals surface area contributed by atoms with Gasteiger partial charge in [0.2, 0.25) is 0 Å². The van der Waals surface area contributed by atoms with Gasteiger partial charge >= 0.3 is 6.18 Å². The third-order valence-corrected chi connectivity index (χ3v) is 2.41. The van der Waals surface area contributed by atoms with Gasteiger partial charge in [0.1, 0.15) is 0 Å². The van der Waals surface area contributed by atoms with Gasteiger partial charge in [-0.25, -0.2) is 5.06 Å². The summed E-state index contributed by atoms with van der Waals surface area (Å²) in [4.78, 5) is 16.2. The van der Waals surface area contributed by atoms with Crippen LogP contribution in [0.3, 0.4) is 0 Å². The Balaban J connectivity index is 3.20. The standard InChI is InChI=1S/C10H9ClF3NO2/c1-15(17-2)9(16)7-5-6(10(12,13)14)3-4-8(7)11/h3-5H,1-2H3. The second-order valence-corrected chi connectivity index (χ2v) is 3.58. The lowest BCUT2D eigenvalue weighted by atomic mass is 10.1. The lowest BCUT2D eigenvalue weighted by molar-refractivity contribution is -0.137. The van der Waals surface area contributed by atoms with E-state index < -0.39 is 17.6 Å². The molecule has 7 heteroatoms. The van der Waals surface area contributed by atoms with Crippen LogP contribution in [0.15, 0.2) is 18.2 Å². The summed E-state index contributed by atoms with van der Waals surface area (Å²) in [6.07, 6.45) is -4.52. The zero-order valence-corrected chi connectivity index (χ0v) is 9.76. The molecule has 94 valence electrons. The van der Waals surface area contributed by atoms with Crippen LogP contribution in [-0.4, -0.2) is 25.1 Å². The van der Waals surface area contributed by atoms with Crippen LogP contribution in [0.2, 0.25) is 5.02 Å². The first kappa shape index (κ1) is 13.8. The maximum absolute atomic E-state index is 12.4. The number of hydroxylamine groups is 2. The lowest BCUT2D eigenvalue weighted by Crippen LogP contribution is -2.26. The second-order valence-electron chi connectivity index (χ2n) is 3.18. The van der Waals surface area contributed by atoms with E-state index in [1.807, 2.05) is 0 Å². The number of nitrogens with zero attached hydrogens (tertiary/aromatic N) is 1. The van der Waals surface area contributed by atoms with Gasteiger partial charge in [-0.1, -0.05) is 11.6 Å². The molecular weight excluding hydrogens is 259 g/mol. The van der Waals surface area contributed by atoms with Gasteiger partial charge in [-0.15, -0.1) is 0 Å². The van der Waals surface area contributed by atoms with Gasteiger partial charge in [-0.05, 0) is 18.2 Å². The minimum absolute atomic E-state index is 0.0631. The molecule has 0 aliphatic rings. The molecule has 1 amide bonds. The summed E-state index contributed by atoms with van der Waals surface area (Å²) >= 11 is 5.67. The fraction of sp³-hybridized carbons (Fsp3) is 0.300. The SMILES string of the molecule is CON(C)C(=O)c1cc(C(F)(F)F)ccc1Cl. The Bertz CT molecular complexity index is 434. The Hall–Kier alpha value is -1.27. The predicted molar refractivity (Wildman–Crippen MR) is 55.6 cm³/mol. The van der Waals surface area contributed by atoms with E-state index in [-0.39, 0.29) is 10.6 Å². The van der Waals surface area contributed by atoms with E-state index in [0.29, 0.717) is 6.07 Å². The molecular formula is C10H9ClF3NO2. The average Bonchev–Trinajstić information content (AvgIpc) is 2.26. The van der Waals surface area contributed by atoms with Gasteiger partial charge in [0, 0.05) is 7.05 Å². The molecule has 0 saturated carbocycles. The van der Waals surface area contributed by atoms with Crippen LogP contribution >= 0.6 is 11.6 Å². The zero-order chi connectivity index (χ0) is 13.2. The third kappa shape index (κ3) is 3.10. The van der Waals surface area contributed by atoms with Crippen molar-refractivity contribution < 1.29 is 22.8 Å². The highest BCUT2D eigenvalue weighted by Crippen LogP contribution is 2.32. The highest BCUT2D eigenvalue weighted by Gasteiger charge is 2.32. The smallest absolute Gasteiger partial charge is 0.274 e. The number of alkyl halides is 3. The lowest BCUT2D eigenvalue weighted by Gasteiger charge is -2.15. The molecule has 1 aromatic carbocycles. The van der Waals surface area contributed by atoms with Crippen LogP contribution in [0.1, 0.15) is 15.9 Å². The molecule has 0 aliphatic carbocycles. The van der Waals surface area contributed by atoms with Gasteiger partial charge in [-0.2, -0.15) is 13.2 Å². The van der Waals surface area contributed by atoms with Crippen molar-refractivity contribution in [3.8, 4) is 0 Å². The molecule has 0 N–H and O–H groups in total. The molecule has 17 heavy (non-hydrogen) atoms. The topological polar surface area (TPSA) is 29.5 Å². The molecule has 0 radical (unpaired) electrons. The molecule has 1 rings (SSSR count). The van der Waals surface area contributed by atoms with Crippen LogP contribution < -0.4 is 0 Å². The van der Waals surface area contributed by atoms with Crippen molar-refractivity contribution in [2.75, 3.05) is 14.2 Å². The molecule has 0 heterocycles. The fourth-order valence-electron chi connectivity index (χ4n) is 1.12. The Morgan fingerprint density at radius 3 is 2.47 bits per heavy atom. The van der Waals surface area contributed by atoms with Crippen LogP contribution in [0.5, 0.6) is 0 Å². The normalized spacial score (nSPS) is 11.4. The van der Waals surface area contributed by atoms with E-state index in [9.17, 15) is 18.0 Å². The Morgan fingerprint density at radius 2 is 2.00 bits per heavy atom. The van der Waals surface area contributed by atoms with E-state index in [2.05, 4.69) is 4.84 Å². The first-order valence-electron chi connectivity index (χ1n) is 4.46. The van der Waals surface area contributed by atoms with Crippen molar-refractivity contribution in [2.45, 2.75) is 6.18 Å². The molecule has 0 bridgehead atoms. The summed E-state index contributed by atoms with van der Waals surface area (Å²) in [6, 6.07) is 2.53. The fourth-order valence-corrected chi connectivity index (χ4v) is 1.32. The van der Waals surface area contributed by atoms with Crippen molar-refractivity contribution in [3.05, 3.63) is 34.3 Å². The monoisotopic (exact) mass is 267 g/mol. The first-order chi connectivity index (χ1) is 7.77. The van der Waals surface area contributed by atoms with Crippen LogP contribution in [0.25, 0.3) is 0 Å².